The van der Waals surface area contributed by atoms with Crippen molar-refractivity contribution < 1.29 is 0 Å². The van der Waals surface area contributed by atoms with Crippen molar-refractivity contribution >= 4 is 60.3 Å². The first kappa shape index (κ1) is 44.3. The average Bonchev–Trinajstić information content (AvgIpc) is 4.04. The Morgan fingerprint density at radius 1 is 0.356 bits per heavy atom. The van der Waals surface area contributed by atoms with Crippen molar-refractivity contribution in [2.45, 2.75) is 73.0 Å². The van der Waals surface area contributed by atoms with Crippen molar-refractivity contribution in [3.63, 3.8) is 0 Å². The van der Waals surface area contributed by atoms with Crippen LogP contribution in [0.1, 0.15) is 97.2 Å². The summed E-state index contributed by atoms with van der Waals surface area (Å²) in [5.41, 5.74) is 20.7. The standard InChI is InChI=1S/C70H55NS2/c1-67(2,3)46-32-36-51-52-37-33-47(68(4,5)6)41-59(52)70(58(51)40-46)57-28-16-18-31-64(57)72-65-39-35-49(43-61(65)70)71(62-29-19-26-55-54-25-14-17-30-63(54)73-66(55)62)48-34-38-53-50-24-13-15-27-56(50)69(60(53)42-48,44-20-9-7-10-21-44)45-22-11-8-12-23-45/h7-43H,1-6H3. The molecule has 352 valence electrons. The fourth-order valence-electron chi connectivity index (χ4n) is 12.9. The fraction of sp³-hybridized carbons (Fsp3) is 0.143. The lowest BCUT2D eigenvalue weighted by Gasteiger charge is -2.41. The van der Waals surface area contributed by atoms with Gasteiger partial charge in [-0.3, -0.25) is 0 Å². The zero-order chi connectivity index (χ0) is 49.4. The molecule has 0 amide bonds. The van der Waals surface area contributed by atoms with Gasteiger partial charge >= 0.3 is 0 Å². The highest BCUT2D eigenvalue weighted by Crippen LogP contribution is 2.64. The van der Waals surface area contributed by atoms with E-state index in [1.54, 1.807) is 0 Å². The lowest BCUT2D eigenvalue weighted by atomic mass is 9.66. The Morgan fingerprint density at radius 2 is 0.849 bits per heavy atom. The minimum Gasteiger partial charge on any atom is -0.309 e. The molecule has 11 aromatic rings. The predicted octanol–water partition coefficient (Wildman–Crippen LogP) is 19.3. The van der Waals surface area contributed by atoms with E-state index in [1.807, 2.05) is 23.1 Å². The highest BCUT2D eigenvalue weighted by atomic mass is 32.2. The normalized spacial score (nSPS) is 14.6. The zero-order valence-corrected chi connectivity index (χ0v) is 43.8. The topological polar surface area (TPSA) is 3.24 Å². The highest BCUT2D eigenvalue weighted by Gasteiger charge is 2.52. The maximum Gasteiger partial charge on any atom is 0.0736 e. The number of fused-ring (bicyclic) bond motifs is 15. The number of hydrogen-bond acceptors (Lipinski definition) is 3. The monoisotopic (exact) mass is 973 g/mol. The van der Waals surface area contributed by atoms with Crippen molar-refractivity contribution in [2.75, 3.05) is 4.90 Å². The van der Waals surface area contributed by atoms with Crippen LogP contribution in [0.25, 0.3) is 42.4 Å². The fourth-order valence-corrected chi connectivity index (χ4v) is 15.3. The first-order chi connectivity index (χ1) is 35.5. The van der Waals surface area contributed by atoms with Crippen LogP contribution in [0.2, 0.25) is 0 Å². The second-order valence-electron chi connectivity index (χ2n) is 22.4. The molecule has 0 N–H and O–H groups in total. The van der Waals surface area contributed by atoms with Crippen LogP contribution in [0.15, 0.2) is 234 Å². The molecule has 0 saturated carbocycles. The Morgan fingerprint density at radius 3 is 1.51 bits per heavy atom. The first-order valence-electron chi connectivity index (χ1n) is 25.7. The molecule has 0 bridgehead atoms. The Bertz CT molecular complexity index is 3930. The molecule has 0 atom stereocenters. The minimum absolute atomic E-state index is 0.0448. The molecule has 0 unspecified atom stereocenters. The second-order valence-corrected chi connectivity index (χ2v) is 24.5. The van der Waals surface area contributed by atoms with Crippen molar-refractivity contribution in [1.29, 1.82) is 0 Å². The summed E-state index contributed by atoms with van der Waals surface area (Å²) < 4.78 is 2.57. The average molecular weight is 974 g/mol. The van der Waals surface area contributed by atoms with Crippen LogP contribution in [0, 0.1) is 0 Å². The Kier molecular flexibility index (Phi) is 9.73. The molecule has 73 heavy (non-hydrogen) atoms. The summed E-state index contributed by atoms with van der Waals surface area (Å²) in [6, 6.07) is 86.1. The summed E-state index contributed by atoms with van der Waals surface area (Å²) in [4.78, 5) is 5.20. The van der Waals surface area contributed by atoms with E-state index in [2.05, 4.69) is 271 Å². The van der Waals surface area contributed by atoms with Crippen LogP contribution < -0.4 is 4.90 Å². The number of thiophene rings is 1. The summed E-state index contributed by atoms with van der Waals surface area (Å²) in [5, 5.41) is 2.57. The maximum atomic E-state index is 2.59. The maximum absolute atomic E-state index is 2.59. The predicted molar refractivity (Wildman–Crippen MR) is 310 cm³/mol. The summed E-state index contributed by atoms with van der Waals surface area (Å²) in [6.45, 7) is 14.1. The van der Waals surface area contributed by atoms with E-state index in [-0.39, 0.29) is 10.8 Å². The number of nitrogens with zero attached hydrogens (tertiary/aromatic N) is 1. The van der Waals surface area contributed by atoms with Crippen LogP contribution in [-0.4, -0.2) is 0 Å². The smallest absolute Gasteiger partial charge is 0.0736 e. The molecule has 1 nitrogen and oxygen atoms in total. The van der Waals surface area contributed by atoms with E-state index in [9.17, 15) is 0 Å². The Labute approximate surface area is 437 Å². The van der Waals surface area contributed by atoms with Gasteiger partial charge < -0.3 is 4.90 Å². The summed E-state index contributed by atoms with van der Waals surface area (Å²) in [6.07, 6.45) is 0. The molecule has 2 heterocycles. The molecule has 2 aliphatic carbocycles. The van der Waals surface area contributed by atoms with Gasteiger partial charge in [-0.05, 0) is 137 Å². The number of benzene rings is 10. The van der Waals surface area contributed by atoms with Gasteiger partial charge in [0.25, 0.3) is 0 Å². The van der Waals surface area contributed by atoms with E-state index >= 15 is 0 Å². The molecule has 10 aromatic carbocycles. The first-order valence-corrected chi connectivity index (χ1v) is 27.4. The van der Waals surface area contributed by atoms with Gasteiger partial charge in [0.15, 0.2) is 0 Å². The largest absolute Gasteiger partial charge is 0.309 e. The number of rotatable bonds is 5. The molecule has 3 heteroatoms. The summed E-state index contributed by atoms with van der Waals surface area (Å²) in [5.74, 6) is 0. The number of anilines is 3. The van der Waals surface area contributed by atoms with Crippen LogP contribution in [0.4, 0.5) is 17.1 Å². The Hall–Kier alpha value is -7.43. The molecule has 0 radical (unpaired) electrons. The van der Waals surface area contributed by atoms with Crippen LogP contribution in [-0.2, 0) is 21.7 Å². The van der Waals surface area contributed by atoms with E-state index in [1.165, 1.54) is 114 Å². The van der Waals surface area contributed by atoms with E-state index < -0.39 is 10.8 Å². The SMILES string of the molecule is CC(C)(C)c1ccc2c(c1)C1(c3ccccc3Sc3ccc(N(c4ccc5c(c4)C(c4ccccc4)(c4ccccc4)c4ccccc4-5)c4cccc5c4sc4ccccc45)cc31)c1cc(C(C)(C)C)ccc1-2. The Balaban J connectivity index is 1.09. The second kappa shape index (κ2) is 16.0. The van der Waals surface area contributed by atoms with E-state index in [0.29, 0.717) is 0 Å². The molecule has 0 fully saturated rings. The zero-order valence-electron chi connectivity index (χ0n) is 42.1. The van der Waals surface area contributed by atoms with Crippen LogP contribution in [0.3, 0.4) is 0 Å². The molecular weight excluding hydrogens is 919 g/mol. The molecule has 3 aliphatic rings. The van der Waals surface area contributed by atoms with Crippen molar-refractivity contribution in [1.82, 2.24) is 0 Å². The minimum atomic E-state index is -0.578. The van der Waals surface area contributed by atoms with Crippen molar-refractivity contribution in [3.05, 3.63) is 280 Å². The van der Waals surface area contributed by atoms with Gasteiger partial charge in [0, 0.05) is 36.6 Å². The number of hydrogen-bond donors (Lipinski definition) is 0. The highest BCUT2D eigenvalue weighted by molar-refractivity contribution is 7.99. The van der Waals surface area contributed by atoms with Gasteiger partial charge in [-0.2, -0.15) is 0 Å². The molecule has 1 aromatic heterocycles. The molecular formula is C70H55NS2. The molecule has 14 rings (SSSR count). The van der Waals surface area contributed by atoms with Crippen LogP contribution in [0.5, 0.6) is 0 Å². The molecule has 1 spiro atoms. The van der Waals surface area contributed by atoms with Gasteiger partial charge in [-0.1, -0.05) is 229 Å². The lowest BCUT2D eigenvalue weighted by molar-refractivity contribution is 0.585. The van der Waals surface area contributed by atoms with Gasteiger partial charge in [-0.25, -0.2) is 0 Å². The van der Waals surface area contributed by atoms with Crippen molar-refractivity contribution in [2.24, 2.45) is 0 Å². The molecule has 1 aliphatic heterocycles. The van der Waals surface area contributed by atoms with E-state index in [4.69, 9.17) is 0 Å². The van der Waals surface area contributed by atoms with Crippen molar-refractivity contribution in [3.8, 4) is 22.3 Å². The summed E-state index contributed by atoms with van der Waals surface area (Å²) >= 11 is 3.81. The summed E-state index contributed by atoms with van der Waals surface area (Å²) in [7, 11) is 0. The molecule has 0 saturated heterocycles. The van der Waals surface area contributed by atoms with Crippen LogP contribution >= 0.6 is 23.1 Å². The third kappa shape index (κ3) is 6.35. The third-order valence-corrected chi connectivity index (χ3v) is 18.7. The van der Waals surface area contributed by atoms with Gasteiger partial charge in [-0.15, -0.1) is 11.3 Å². The van der Waals surface area contributed by atoms with Gasteiger partial charge in [0.1, 0.15) is 0 Å². The van der Waals surface area contributed by atoms with E-state index in [0.717, 1.165) is 11.4 Å². The third-order valence-electron chi connectivity index (χ3n) is 16.3. The van der Waals surface area contributed by atoms with Gasteiger partial charge in [0.05, 0.1) is 21.2 Å². The quantitative estimate of drug-likeness (QED) is 0.169. The van der Waals surface area contributed by atoms with Gasteiger partial charge in [0.2, 0.25) is 0 Å². The lowest BCUT2D eigenvalue weighted by Crippen LogP contribution is -2.33.